The van der Waals surface area contributed by atoms with Gasteiger partial charge in [0.1, 0.15) is 0 Å². The van der Waals surface area contributed by atoms with Crippen molar-refractivity contribution in [3.05, 3.63) is 101 Å². The Kier molecular flexibility index (Phi) is 5.05. The molecule has 0 fully saturated rings. The number of para-hydroxylation sites is 1. The van der Waals surface area contributed by atoms with Gasteiger partial charge in [0.25, 0.3) is 5.91 Å². The molecule has 0 saturated heterocycles. The first-order chi connectivity index (χ1) is 12.9. The van der Waals surface area contributed by atoms with Gasteiger partial charge in [-0.05, 0) is 29.7 Å². The second-order valence-corrected chi connectivity index (χ2v) is 6.20. The summed E-state index contributed by atoms with van der Waals surface area (Å²) in [5.41, 5.74) is -0.474. The maximum atomic E-state index is 13.2. The Morgan fingerprint density at radius 3 is 1.81 bits per heavy atom. The summed E-state index contributed by atoms with van der Waals surface area (Å²) < 4.78 is 0. The lowest BCUT2D eigenvalue weighted by molar-refractivity contribution is -0.131. The van der Waals surface area contributed by atoms with Gasteiger partial charge in [0.2, 0.25) is 0 Å². The zero-order valence-electron chi connectivity index (χ0n) is 14.7. The summed E-state index contributed by atoms with van der Waals surface area (Å²) in [5.74, 6) is -1.88. The Balaban J connectivity index is 2.10. The second kappa shape index (κ2) is 7.43. The molecule has 0 saturated carbocycles. The van der Waals surface area contributed by atoms with Gasteiger partial charge in [0.05, 0.1) is 11.3 Å². The lowest BCUT2D eigenvalue weighted by Crippen LogP contribution is -2.41. The number of amides is 1. The third-order valence-electron chi connectivity index (χ3n) is 4.45. The number of hydrogen-bond donors (Lipinski definition) is 3. The number of aliphatic hydroxyl groups is 1. The van der Waals surface area contributed by atoms with Crippen LogP contribution < -0.4 is 5.32 Å². The molecule has 3 aromatic rings. The van der Waals surface area contributed by atoms with Crippen molar-refractivity contribution < 1.29 is 19.8 Å². The van der Waals surface area contributed by atoms with E-state index in [-0.39, 0.29) is 11.3 Å². The van der Waals surface area contributed by atoms with E-state index in [1.807, 2.05) is 0 Å². The van der Waals surface area contributed by atoms with Crippen molar-refractivity contribution in [2.45, 2.75) is 12.5 Å². The van der Waals surface area contributed by atoms with Gasteiger partial charge < -0.3 is 15.5 Å². The Morgan fingerprint density at radius 2 is 1.33 bits per heavy atom. The monoisotopic (exact) mass is 361 g/mol. The Hall–Kier alpha value is -3.44. The molecule has 0 unspecified atom stereocenters. The highest BCUT2D eigenvalue weighted by atomic mass is 16.4. The van der Waals surface area contributed by atoms with Crippen LogP contribution in [0.3, 0.4) is 0 Å². The molecule has 0 heterocycles. The van der Waals surface area contributed by atoms with E-state index in [0.29, 0.717) is 16.7 Å². The summed E-state index contributed by atoms with van der Waals surface area (Å²) in [7, 11) is 0. The Labute approximate surface area is 156 Å². The summed E-state index contributed by atoms with van der Waals surface area (Å²) >= 11 is 0. The number of carbonyl (C=O) groups is 2. The van der Waals surface area contributed by atoms with E-state index in [4.69, 9.17) is 0 Å². The number of rotatable bonds is 5. The van der Waals surface area contributed by atoms with Crippen LogP contribution in [0.5, 0.6) is 0 Å². The fourth-order valence-electron chi connectivity index (χ4n) is 3.00. The van der Waals surface area contributed by atoms with E-state index in [0.717, 1.165) is 0 Å². The molecule has 3 rings (SSSR count). The van der Waals surface area contributed by atoms with Gasteiger partial charge >= 0.3 is 5.97 Å². The standard InChI is InChI=1S/C22H19NO4/c1-15-9-8-14-18(20(24)25)19(15)23-21(26)22(27,16-10-4-2-5-11-16)17-12-6-3-7-13-17/h2-14,27H,1H3,(H,23,26)(H,24,25). The highest BCUT2D eigenvalue weighted by Gasteiger charge is 2.40. The van der Waals surface area contributed by atoms with E-state index in [1.165, 1.54) is 6.07 Å². The molecular weight excluding hydrogens is 342 g/mol. The lowest BCUT2D eigenvalue weighted by atomic mass is 9.85. The predicted octanol–water partition coefficient (Wildman–Crippen LogP) is 3.57. The quantitative estimate of drug-likeness (QED) is 0.648. The van der Waals surface area contributed by atoms with E-state index < -0.39 is 17.5 Å². The first kappa shape index (κ1) is 18.4. The third kappa shape index (κ3) is 3.45. The van der Waals surface area contributed by atoms with Gasteiger partial charge in [0, 0.05) is 0 Å². The molecule has 0 spiro atoms. The molecule has 0 aliphatic heterocycles. The average molecular weight is 361 g/mol. The van der Waals surface area contributed by atoms with Crippen LogP contribution in [-0.4, -0.2) is 22.1 Å². The second-order valence-electron chi connectivity index (χ2n) is 6.20. The van der Waals surface area contributed by atoms with Gasteiger partial charge in [-0.25, -0.2) is 4.79 Å². The molecule has 0 aliphatic carbocycles. The molecule has 27 heavy (non-hydrogen) atoms. The zero-order chi connectivity index (χ0) is 19.4. The minimum absolute atomic E-state index is 0.0353. The van der Waals surface area contributed by atoms with Gasteiger partial charge in [0.15, 0.2) is 5.60 Å². The smallest absolute Gasteiger partial charge is 0.337 e. The molecule has 0 bridgehead atoms. The molecule has 0 aliphatic rings. The van der Waals surface area contributed by atoms with Crippen molar-refractivity contribution in [3.63, 3.8) is 0 Å². The minimum atomic E-state index is -1.97. The van der Waals surface area contributed by atoms with Crippen molar-refractivity contribution in [1.29, 1.82) is 0 Å². The van der Waals surface area contributed by atoms with Crippen molar-refractivity contribution in [2.75, 3.05) is 5.32 Å². The molecule has 1 amide bonds. The van der Waals surface area contributed by atoms with E-state index in [2.05, 4.69) is 5.32 Å². The number of aromatic carboxylic acids is 1. The van der Waals surface area contributed by atoms with Crippen molar-refractivity contribution in [3.8, 4) is 0 Å². The van der Waals surface area contributed by atoms with Gasteiger partial charge in [-0.3, -0.25) is 4.79 Å². The molecule has 3 aromatic carbocycles. The maximum Gasteiger partial charge on any atom is 0.337 e. The number of carboxylic acids is 1. The number of hydrogen-bond acceptors (Lipinski definition) is 3. The van der Waals surface area contributed by atoms with E-state index in [9.17, 15) is 19.8 Å². The molecule has 0 radical (unpaired) electrons. The molecule has 5 nitrogen and oxygen atoms in total. The van der Waals surface area contributed by atoms with Crippen LogP contribution in [0.15, 0.2) is 78.9 Å². The van der Waals surface area contributed by atoms with Gasteiger partial charge in [-0.2, -0.15) is 0 Å². The normalized spacial score (nSPS) is 11.0. The van der Waals surface area contributed by atoms with Crippen LogP contribution >= 0.6 is 0 Å². The van der Waals surface area contributed by atoms with Crippen LogP contribution in [0.1, 0.15) is 27.0 Å². The SMILES string of the molecule is Cc1cccc(C(=O)O)c1NC(=O)C(O)(c1ccccc1)c1ccccc1. The highest BCUT2D eigenvalue weighted by Crippen LogP contribution is 2.32. The molecular formula is C22H19NO4. The van der Waals surface area contributed by atoms with E-state index >= 15 is 0 Å². The Bertz CT molecular complexity index is 929. The fraction of sp³-hybridized carbons (Fsp3) is 0.0909. The third-order valence-corrected chi connectivity index (χ3v) is 4.45. The van der Waals surface area contributed by atoms with Gasteiger partial charge in [-0.1, -0.05) is 72.8 Å². The number of nitrogens with one attached hydrogen (secondary N) is 1. The highest BCUT2D eigenvalue weighted by molar-refractivity contribution is 6.05. The first-order valence-corrected chi connectivity index (χ1v) is 8.42. The topological polar surface area (TPSA) is 86.6 Å². The summed E-state index contributed by atoms with van der Waals surface area (Å²) in [4.78, 5) is 24.7. The number of carbonyl (C=O) groups excluding carboxylic acids is 1. The van der Waals surface area contributed by atoms with Crippen molar-refractivity contribution in [1.82, 2.24) is 0 Å². The van der Waals surface area contributed by atoms with Crippen molar-refractivity contribution in [2.24, 2.45) is 0 Å². The number of aryl methyl sites for hydroxylation is 1. The van der Waals surface area contributed by atoms with Crippen LogP contribution in [0, 0.1) is 6.92 Å². The largest absolute Gasteiger partial charge is 0.478 e. The fourth-order valence-corrected chi connectivity index (χ4v) is 3.00. The van der Waals surface area contributed by atoms with Crippen LogP contribution in [0.4, 0.5) is 5.69 Å². The minimum Gasteiger partial charge on any atom is -0.478 e. The summed E-state index contributed by atoms with van der Waals surface area (Å²) in [5, 5.41) is 23.5. The lowest BCUT2D eigenvalue weighted by Gasteiger charge is -2.28. The molecule has 0 aromatic heterocycles. The van der Waals surface area contributed by atoms with Crippen LogP contribution in [0.25, 0.3) is 0 Å². The summed E-state index contributed by atoms with van der Waals surface area (Å²) in [6.07, 6.45) is 0. The number of anilines is 1. The predicted molar refractivity (Wildman–Crippen MR) is 103 cm³/mol. The molecule has 3 N–H and O–H groups in total. The Morgan fingerprint density at radius 1 is 0.815 bits per heavy atom. The van der Waals surface area contributed by atoms with Crippen molar-refractivity contribution >= 4 is 17.6 Å². The summed E-state index contributed by atoms with van der Waals surface area (Å²) in [6, 6.07) is 21.8. The average Bonchev–Trinajstić information content (AvgIpc) is 2.70. The van der Waals surface area contributed by atoms with E-state index in [1.54, 1.807) is 79.7 Å². The van der Waals surface area contributed by atoms with Gasteiger partial charge in [-0.15, -0.1) is 0 Å². The first-order valence-electron chi connectivity index (χ1n) is 8.42. The molecule has 0 atom stereocenters. The number of benzene rings is 3. The summed E-state index contributed by atoms with van der Waals surface area (Å²) in [6.45, 7) is 1.70. The number of carboxylic acid groups (broad SMARTS) is 1. The maximum absolute atomic E-state index is 13.2. The van der Waals surface area contributed by atoms with Crippen LogP contribution in [-0.2, 0) is 10.4 Å². The zero-order valence-corrected chi connectivity index (χ0v) is 14.7. The van der Waals surface area contributed by atoms with Crippen LogP contribution in [0.2, 0.25) is 0 Å². The molecule has 136 valence electrons. The molecule has 5 heteroatoms.